The lowest BCUT2D eigenvalue weighted by atomic mass is 9.44. The molecule has 7 nitrogen and oxygen atoms in total. The molecule has 2 aromatic rings. The van der Waals surface area contributed by atoms with Crippen LogP contribution in [-0.4, -0.2) is 35.4 Å². The molecule has 2 aromatic heterocycles. The fraction of sp³-hybridized carbons (Fsp3) is 0.538. The van der Waals surface area contributed by atoms with Crippen LogP contribution in [0.25, 0.3) is 0 Å². The van der Waals surface area contributed by atoms with Gasteiger partial charge in [0.05, 0.1) is 4.88 Å². The minimum atomic E-state index is -3.72. The van der Waals surface area contributed by atoms with E-state index >= 15 is 0 Å². The van der Waals surface area contributed by atoms with Crippen LogP contribution >= 0.6 is 11.3 Å². The van der Waals surface area contributed by atoms with Crippen molar-refractivity contribution in [1.82, 2.24) is 9.29 Å². The maximum atomic E-state index is 13.2. The standard InChI is InChI=1S/C26H34N2O5S2/c1-17-9-8-14-28(17)35(32,33)23-13-12-21(34-23)25(31)27-24-18(10-6-4-5-7-11-22(29)30)15-19-16-20(24)26(19,2)3/h4,6,8-9,12-14,18-20,24H,5,7,10-11,15-16H2,1-3H3,(H,27,31)(H,29,30). The number of thiophene rings is 1. The third-order valence-corrected chi connectivity index (χ3v) is 11.3. The summed E-state index contributed by atoms with van der Waals surface area (Å²) in [6, 6.07) is 6.55. The molecule has 0 radical (unpaired) electrons. The molecule has 190 valence electrons. The second kappa shape index (κ2) is 9.93. The summed E-state index contributed by atoms with van der Waals surface area (Å²) in [7, 11) is -3.72. The summed E-state index contributed by atoms with van der Waals surface area (Å²) < 4.78 is 27.3. The molecular formula is C26H34N2O5S2. The van der Waals surface area contributed by atoms with Crippen molar-refractivity contribution in [3.63, 3.8) is 0 Å². The Balaban J connectivity index is 1.45. The number of aliphatic carboxylic acids is 1. The predicted molar refractivity (Wildman–Crippen MR) is 136 cm³/mol. The Morgan fingerprint density at radius 1 is 1.23 bits per heavy atom. The lowest BCUT2D eigenvalue weighted by Gasteiger charge is -2.62. The van der Waals surface area contributed by atoms with Crippen LogP contribution in [0.1, 0.15) is 67.7 Å². The summed E-state index contributed by atoms with van der Waals surface area (Å²) in [5.74, 6) is 0.360. The quantitative estimate of drug-likeness (QED) is 0.337. The number of allylic oxidation sites excluding steroid dienone is 2. The number of carbonyl (C=O) groups excluding carboxylic acids is 1. The van der Waals surface area contributed by atoms with E-state index < -0.39 is 16.0 Å². The van der Waals surface area contributed by atoms with Crippen molar-refractivity contribution in [3.8, 4) is 0 Å². The predicted octanol–water partition coefficient (Wildman–Crippen LogP) is 5.08. The van der Waals surface area contributed by atoms with Crippen LogP contribution in [0, 0.1) is 30.1 Å². The number of hydrogen-bond donors (Lipinski definition) is 2. The van der Waals surface area contributed by atoms with Gasteiger partial charge in [0.1, 0.15) is 4.21 Å². The van der Waals surface area contributed by atoms with Crippen molar-refractivity contribution in [3.05, 3.63) is 53.2 Å². The highest BCUT2D eigenvalue weighted by atomic mass is 32.2. The molecule has 4 atom stereocenters. The Morgan fingerprint density at radius 2 is 2.00 bits per heavy atom. The Labute approximate surface area is 211 Å². The van der Waals surface area contributed by atoms with Gasteiger partial charge in [0.2, 0.25) is 0 Å². The molecule has 0 aliphatic heterocycles. The number of aryl methyl sites for hydroxylation is 1. The molecule has 3 fully saturated rings. The second-order valence-corrected chi connectivity index (χ2v) is 13.5. The largest absolute Gasteiger partial charge is 0.481 e. The summed E-state index contributed by atoms with van der Waals surface area (Å²) in [5.41, 5.74) is 0.794. The molecule has 3 aliphatic rings. The molecule has 2 N–H and O–H groups in total. The number of fused-ring (bicyclic) bond motifs is 2. The number of nitrogens with one attached hydrogen (secondary N) is 1. The van der Waals surface area contributed by atoms with Gasteiger partial charge in [0.25, 0.3) is 15.9 Å². The number of carbonyl (C=O) groups is 2. The highest BCUT2D eigenvalue weighted by Gasteiger charge is 2.57. The molecule has 2 bridgehead atoms. The smallest absolute Gasteiger partial charge is 0.303 e. The molecular weight excluding hydrogens is 484 g/mol. The van der Waals surface area contributed by atoms with E-state index in [0.717, 1.165) is 37.0 Å². The highest BCUT2D eigenvalue weighted by Crippen LogP contribution is 2.61. The van der Waals surface area contributed by atoms with Gasteiger partial charge in [-0.25, -0.2) is 3.97 Å². The number of rotatable bonds is 10. The normalized spacial score (nSPS) is 25.3. The first-order chi connectivity index (χ1) is 16.5. The van der Waals surface area contributed by atoms with Gasteiger partial charge in [0.15, 0.2) is 0 Å². The molecule has 0 aromatic carbocycles. The monoisotopic (exact) mass is 518 g/mol. The van der Waals surface area contributed by atoms with E-state index in [2.05, 4.69) is 25.2 Å². The van der Waals surface area contributed by atoms with Crippen LogP contribution in [0.2, 0.25) is 0 Å². The van der Waals surface area contributed by atoms with E-state index in [0.29, 0.717) is 34.7 Å². The SMILES string of the molecule is Cc1cccn1S(=O)(=O)c1ccc(C(=O)NC2C(CC=CCCCC(=O)O)CC3CC2C3(C)C)s1. The van der Waals surface area contributed by atoms with Crippen LogP contribution < -0.4 is 5.32 Å². The van der Waals surface area contributed by atoms with E-state index in [9.17, 15) is 18.0 Å². The Kier molecular flexibility index (Phi) is 7.29. The Morgan fingerprint density at radius 3 is 2.66 bits per heavy atom. The van der Waals surface area contributed by atoms with Crippen molar-refractivity contribution in [2.45, 2.75) is 69.5 Å². The molecule has 9 heteroatoms. The van der Waals surface area contributed by atoms with Crippen molar-refractivity contribution >= 4 is 33.2 Å². The maximum absolute atomic E-state index is 13.2. The molecule has 2 heterocycles. The third kappa shape index (κ3) is 5.11. The van der Waals surface area contributed by atoms with E-state index in [1.165, 1.54) is 16.2 Å². The molecule has 0 saturated heterocycles. The lowest BCUT2D eigenvalue weighted by Crippen LogP contribution is -2.63. The van der Waals surface area contributed by atoms with Gasteiger partial charge >= 0.3 is 5.97 Å². The molecule has 3 aliphatic carbocycles. The number of unbranched alkanes of at least 4 members (excludes halogenated alkanes) is 1. The molecule has 3 saturated carbocycles. The molecule has 35 heavy (non-hydrogen) atoms. The topological polar surface area (TPSA) is 105 Å². The van der Waals surface area contributed by atoms with Gasteiger partial charge in [-0.2, -0.15) is 8.42 Å². The number of hydrogen-bond acceptors (Lipinski definition) is 5. The number of carboxylic acid groups (broad SMARTS) is 1. The Bertz CT molecular complexity index is 1220. The van der Waals surface area contributed by atoms with Gasteiger partial charge in [-0.05, 0) is 86.5 Å². The summed E-state index contributed by atoms with van der Waals surface area (Å²) in [5, 5.41) is 12.0. The van der Waals surface area contributed by atoms with E-state index in [1.807, 2.05) is 6.08 Å². The van der Waals surface area contributed by atoms with Crippen molar-refractivity contribution < 1.29 is 23.1 Å². The van der Waals surface area contributed by atoms with E-state index in [-0.39, 0.29) is 28.0 Å². The zero-order valence-corrected chi connectivity index (χ0v) is 22.1. The number of carboxylic acids is 1. The van der Waals surface area contributed by atoms with Gasteiger partial charge in [-0.1, -0.05) is 26.0 Å². The average molecular weight is 519 g/mol. The summed E-state index contributed by atoms with van der Waals surface area (Å²) in [4.78, 5) is 24.3. The second-order valence-electron chi connectivity index (χ2n) is 10.4. The first-order valence-corrected chi connectivity index (χ1v) is 14.4. The summed E-state index contributed by atoms with van der Waals surface area (Å²) in [6.45, 7) is 6.28. The molecule has 0 spiro atoms. The zero-order chi connectivity index (χ0) is 25.4. The van der Waals surface area contributed by atoms with Crippen molar-refractivity contribution in [2.75, 3.05) is 0 Å². The highest BCUT2D eigenvalue weighted by molar-refractivity contribution is 7.92. The first kappa shape index (κ1) is 25.7. The fourth-order valence-electron chi connectivity index (χ4n) is 5.75. The fourth-order valence-corrected chi connectivity index (χ4v) is 8.43. The minimum absolute atomic E-state index is 0.0278. The van der Waals surface area contributed by atoms with Crippen LogP contribution in [0.3, 0.4) is 0 Å². The number of aromatic nitrogens is 1. The van der Waals surface area contributed by atoms with Crippen molar-refractivity contribution in [2.24, 2.45) is 23.2 Å². The first-order valence-electron chi connectivity index (χ1n) is 12.2. The molecule has 5 rings (SSSR count). The van der Waals surface area contributed by atoms with Crippen LogP contribution in [0.15, 0.2) is 46.8 Å². The zero-order valence-electron chi connectivity index (χ0n) is 20.4. The molecule has 4 unspecified atom stereocenters. The van der Waals surface area contributed by atoms with Crippen LogP contribution in [-0.2, 0) is 14.8 Å². The summed E-state index contributed by atoms with van der Waals surface area (Å²) in [6.07, 6.45) is 10.2. The van der Waals surface area contributed by atoms with Crippen LogP contribution in [0.5, 0.6) is 0 Å². The minimum Gasteiger partial charge on any atom is -0.481 e. The van der Waals surface area contributed by atoms with Gasteiger partial charge in [-0.3, -0.25) is 9.59 Å². The maximum Gasteiger partial charge on any atom is 0.303 e. The third-order valence-electron chi connectivity index (χ3n) is 7.96. The van der Waals surface area contributed by atoms with E-state index in [1.54, 1.807) is 25.1 Å². The van der Waals surface area contributed by atoms with Crippen LogP contribution in [0.4, 0.5) is 0 Å². The van der Waals surface area contributed by atoms with Gasteiger partial charge in [-0.15, -0.1) is 11.3 Å². The molecule has 1 amide bonds. The lowest BCUT2D eigenvalue weighted by molar-refractivity contribution is -0.137. The van der Waals surface area contributed by atoms with Crippen molar-refractivity contribution in [1.29, 1.82) is 0 Å². The Hall–Kier alpha value is -2.39. The number of nitrogens with zero attached hydrogens (tertiary/aromatic N) is 1. The summed E-state index contributed by atoms with van der Waals surface area (Å²) >= 11 is 1.01. The van der Waals surface area contributed by atoms with E-state index in [4.69, 9.17) is 5.11 Å². The number of amides is 1. The van der Waals surface area contributed by atoms with Gasteiger partial charge in [0, 0.05) is 24.4 Å². The van der Waals surface area contributed by atoms with Gasteiger partial charge < -0.3 is 10.4 Å². The average Bonchev–Trinajstić information content (AvgIpc) is 3.46.